The Labute approximate surface area is 281 Å². The molecule has 3 heterocycles. The highest BCUT2D eigenvalue weighted by Crippen LogP contribution is 2.32. The molecule has 7 rings (SSSR count). The number of nitrogens with zero attached hydrogens (tertiary/aromatic N) is 5. The Kier molecular flexibility index (Phi) is 9.74. The highest BCUT2D eigenvalue weighted by molar-refractivity contribution is 7.85. The zero-order valence-electron chi connectivity index (χ0n) is 26.0. The van der Waals surface area contributed by atoms with Crippen LogP contribution in [0.25, 0.3) is 22.2 Å². The van der Waals surface area contributed by atoms with Crippen molar-refractivity contribution in [1.82, 2.24) is 15.0 Å². The van der Waals surface area contributed by atoms with Crippen molar-refractivity contribution in [2.24, 2.45) is 0 Å². The molecule has 0 aliphatic carbocycles. The summed E-state index contributed by atoms with van der Waals surface area (Å²) in [4.78, 5) is 18.5. The van der Waals surface area contributed by atoms with Crippen molar-refractivity contribution in [3.8, 4) is 11.3 Å². The topological polar surface area (TPSA) is 112 Å². The van der Waals surface area contributed by atoms with Crippen LogP contribution in [0.1, 0.15) is 5.56 Å². The Balaban J connectivity index is 0.000000359. The molecule has 1 saturated heterocycles. The molecule has 0 spiro atoms. The molecule has 1 aliphatic rings. The van der Waals surface area contributed by atoms with Gasteiger partial charge in [0.15, 0.2) is 0 Å². The maximum Gasteiger partial charge on any atom is 0.416 e. The minimum Gasteiger partial charge on any atom is -0.368 e. The van der Waals surface area contributed by atoms with Crippen molar-refractivity contribution in [2.75, 3.05) is 41.3 Å². The first kappa shape index (κ1) is 33.4. The Morgan fingerprint density at radius 3 is 2.00 bits per heavy atom. The van der Waals surface area contributed by atoms with Gasteiger partial charge in [-0.1, -0.05) is 54.6 Å². The van der Waals surface area contributed by atoms with Crippen LogP contribution in [-0.4, -0.2) is 54.1 Å². The molecule has 1 aliphatic heterocycles. The average molecular weight is 685 g/mol. The Morgan fingerprint density at radius 2 is 1.37 bits per heavy atom. The van der Waals surface area contributed by atoms with Crippen LogP contribution in [0, 0.1) is 0 Å². The summed E-state index contributed by atoms with van der Waals surface area (Å²) in [7, 11) is -4.00. The summed E-state index contributed by atoms with van der Waals surface area (Å²) in [6.45, 7) is 3.10. The predicted molar refractivity (Wildman–Crippen MR) is 185 cm³/mol. The second-order valence-corrected chi connectivity index (χ2v) is 12.6. The smallest absolute Gasteiger partial charge is 0.368 e. The summed E-state index contributed by atoms with van der Waals surface area (Å²) in [5, 5.41) is 4.20. The van der Waals surface area contributed by atoms with E-state index in [1.165, 1.54) is 30.0 Å². The molecule has 9 nitrogen and oxygen atoms in total. The lowest BCUT2D eigenvalue weighted by molar-refractivity contribution is -0.137. The second-order valence-electron chi connectivity index (χ2n) is 11.1. The number of anilines is 4. The van der Waals surface area contributed by atoms with Gasteiger partial charge in [-0.15, -0.1) is 0 Å². The number of rotatable bonds is 6. The maximum atomic E-state index is 13.0. The van der Waals surface area contributed by atoms with Crippen molar-refractivity contribution in [2.45, 2.75) is 11.1 Å². The molecule has 0 saturated carbocycles. The number of nitrogens with one attached hydrogen (secondary N) is 1. The standard InChI is InChI=1S/C30H25F3N6.C6H6O3S/c31-30(32,33)23-10-12-24(13-11-23)35-28-20-27(22-9-8-21-5-4-14-34-26(21)19-22)36-29(37-28)39-17-15-38(16-18-39)25-6-2-1-3-7-25;7-10(8,9)6-4-2-1-3-5-6/h1-14,19-20H,15-18H2,(H,35,36,37);1-5H,(H,7,8,9). The number of benzene rings is 4. The number of para-hydroxylation sites is 1. The van der Waals surface area contributed by atoms with Crippen molar-refractivity contribution >= 4 is 44.2 Å². The normalized spacial score (nSPS) is 13.5. The van der Waals surface area contributed by atoms with Gasteiger partial charge < -0.3 is 15.1 Å². The number of alkyl halides is 3. The lowest BCUT2D eigenvalue weighted by Gasteiger charge is -2.36. The molecule has 49 heavy (non-hydrogen) atoms. The fourth-order valence-electron chi connectivity index (χ4n) is 5.30. The van der Waals surface area contributed by atoms with Crippen LogP contribution in [0.3, 0.4) is 0 Å². The number of hydrogen-bond donors (Lipinski definition) is 2. The number of piperazine rings is 1. The molecule has 0 bridgehead atoms. The van der Waals surface area contributed by atoms with Crippen LogP contribution >= 0.6 is 0 Å². The summed E-state index contributed by atoms with van der Waals surface area (Å²) in [6.07, 6.45) is -2.64. The molecule has 1 fully saturated rings. The predicted octanol–water partition coefficient (Wildman–Crippen LogP) is 7.71. The third kappa shape index (κ3) is 8.50. The minimum absolute atomic E-state index is 0.0741. The lowest BCUT2D eigenvalue weighted by atomic mass is 10.1. The summed E-state index contributed by atoms with van der Waals surface area (Å²) < 4.78 is 68.4. The average Bonchev–Trinajstić information content (AvgIpc) is 3.12. The van der Waals surface area contributed by atoms with Crippen LogP contribution in [0.5, 0.6) is 0 Å². The highest BCUT2D eigenvalue weighted by Gasteiger charge is 2.30. The fourth-order valence-corrected chi connectivity index (χ4v) is 5.80. The molecular formula is C36H31F3N6O3S. The van der Waals surface area contributed by atoms with E-state index >= 15 is 0 Å². The first-order valence-corrected chi connectivity index (χ1v) is 16.7. The van der Waals surface area contributed by atoms with E-state index in [9.17, 15) is 21.6 Å². The van der Waals surface area contributed by atoms with Crippen molar-refractivity contribution < 1.29 is 26.1 Å². The number of pyridine rings is 1. The quantitative estimate of drug-likeness (QED) is 0.170. The summed E-state index contributed by atoms with van der Waals surface area (Å²) >= 11 is 0. The first-order chi connectivity index (χ1) is 23.5. The number of aromatic nitrogens is 3. The van der Waals surface area contributed by atoms with Crippen molar-refractivity contribution in [3.63, 3.8) is 0 Å². The third-order valence-electron chi connectivity index (χ3n) is 7.83. The minimum atomic E-state index is -4.39. The zero-order valence-corrected chi connectivity index (χ0v) is 26.8. The van der Waals surface area contributed by atoms with Gasteiger partial charge in [0, 0.05) is 60.8 Å². The Bertz CT molecular complexity index is 2130. The van der Waals surface area contributed by atoms with Gasteiger partial charge >= 0.3 is 6.18 Å². The van der Waals surface area contributed by atoms with E-state index in [4.69, 9.17) is 14.5 Å². The molecular weight excluding hydrogens is 653 g/mol. The van der Waals surface area contributed by atoms with E-state index in [2.05, 4.69) is 32.2 Å². The zero-order chi connectivity index (χ0) is 34.4. The Morgan fingerprint density at radius 1 is 0.714 bits per heavy atom. The van der Waals surface area contributed by atoms with Crippen LogP contribution in [0.2, 0.25) is 0 Å². The molecule has 0 radical (unpaired) electrons. The lowest BCUT2D eigenvalue weighted by Crippen LogP contribution is -2.47. The van der Waals surface area contributed by atoms with Gasteiger partial charge in [0.1, 0.15) is 5.82 Å². The Hall–Kier alpha value is -5.53. The van der Waals surface area contributed by atoms with E-state index in [1.807, 2.05) is 54.6 Å². The maximum absolute atomic E-state index is 13.0. The van der Waals surface area contributed by atoms with Gasteiger partial charge in [-0.05, 0) is 60.7 Å². The molecule has 13 heteroatoms. The SMILES string of the molecule is FC(F)(F)c1ccc(Nc2cc(-c3ccc4cccnc4c3)nc(N3CCN(c4ccccc4)CC3)n2)cc1.O=S(=O)(O)c1ccccc1. The van der Waals surface area contributed by atoms with E-state index in [0.717, 1.165) is 54.8 Å². The van der Waals surface area contributed by atoms with Crippen molar-refractivity contribution in [1.29, 1.82) is 0 Å². The molecule has 0 unspecified atom stereocenters. The van der Waals surface area contributed by atoms with Crippen molar-refractivity contribution in [3.05, 3.63) is 133 Å². The van der Waals surface area contributed by atoms with Crippen LogP contribution < -0.4 is 15.1 Å². The van der Waals surface area contributed by atoms with Crippen LogP contribution in [0.4, 0.5) is 36.3 Å². The number of hydrogen-bond acceptors (Lipinski definition) is 8. The first-order valence-electron chi connectivity index (χ1n) is 15.3. The van der Waals surface area contributed by atoms with Gasteiger partial charge in [-0.3, -0.25) is 9.54 Å². The van der Waals surface area contributed by atoms with Gasteiger partial charge in [-0.25, -0.2) is 4.98 Å². The van der Waals surface area contributed by atoms with E-state index in [1.54, 1.807) is 24.4 Å². The fraction of sp³-hybridized carbons (Fsp3) is 0.139. The van der Waals surface area contributed by atoms with Gasteiger partial charge in [0.25, 0.3) is 10.1 Å². The molecule has 2 N–H and O–H groups in total. The van der Waals surface area contributed by atoms with Gasteiger partial charge in [0.05, 0.1) is 21.7 Å². The largest absolute Gasteiger partial charge is 0.416 e. The summed E-state index contributed by atoms with van der Waals surface area (Å²) in [5.74, 6) is 1.07. The van der Waals surface area contributed by atoms with Gasteiger partial charge in [-0.2, -0.15) is 26.6 Å². The molecule has 250 valence electrons. The molecule has 2 aromatic heterocycles. The molecule has 6 aromatic rings. The van der Waals surface area contributed by atoms with E-state index in [0.29, 0.717) is 23.1 Å². The number of halogens is 3. The summed E-state index contributed by atoms with van der Waals surface area (Å²) in [5.41, 5.74) is 3.42. The third-order valence-corrected chi connectivity index (χ3v) is 8.69. The molecule has 0 atom stereocenters. The monoisotopic (exact) mass is 684 g/mol. The summed E-state index contributed by atoms with van der Waals surface area (Å²) in [6, 6.07) is 34.3. The highest BCUT2D eigenvalue weighted by atomic mass is 32.2. The van der Waals surface area contributed by atoms with E-state index < -0.39 is 21.9 Å². The molecule has 0 amide bonds. The van der Waals surface area contributed by atoms with Gasteiger partial charge in [0.2, 0.25) is 5.95 Å². The number of fused-ring (bicyclic) bond motifs is 1. The van der Waals surface area contributed by atoms with Crippen LogP contribution in [-0.2, 0) is 16.3 Å². The second kappa shape index (κ2) is 14.3. The van der Waals surface area contributed by atoms with Crippen LogP contribution in [0.15, 0.2) is 132 Å². The molecule has 4 aromatic carbocycles. The van der Waals surface area contributed by atoms with E-state index in [-0.39, 0.29) is 4.90 Å².